The number of pyridine rings is 1. The molecule has 0 aliphatic carbocycles. The summed E-state index contributed by atoms with van der Waals surface area (Å²) in [5.41, 5.74) is -1.13. The molecular formula is C32H32F6N2O3. The smallest absolute Gasteiger partial charge is 0.416 e. The summed E-state index contributed by atoms with van der Waals surface area (Å²) < 4.78 is 84.4. The summed E-state index contributed by atoms with van der Waals surface area (Å²) in [6.07, 6.45) is -4.21. The standard InChI is InChI=1S/C32H32F6N2O3/c1-43-27-8-9-29-28(19-27)23(11-13-39-29)6-2-5-22-12-15-40(20-24(22)7-10-30(41)42)14-3-4-21-16-25(31(33,34)35)18-26(17-21)32(36,37)38/h8-9,11,13,16-19,22,24H,2,5-7,10,12,14-15,20H2,1H3,(H,41,42). The molecule has 0 spiro atoms. The number of aromatic nitrogens is 1. The van der Waals surface area contributed by atoms with Crippen molar-refractivity contribution in [2.24, 2.45) is 11.8 Å². The largest absolute Gasteiger partial charge is 0.497 e. The minimum Gasteiger partial charge on any atom is -0.497 e. The molecule has 43 heavy (non-hydrogen) atoms. The summed E-state index contributed by atoms with van der Waals surface area (Å²) in [7, 11) is 1.61. The second-order valence-electron chi connectivity index (χ2n) is 10.8. The number of benzene rings is 2. The number of nitrogens with zero attached hydrogens (tertiary/aromatic N) is 2. The van der Waals surface area contributed by atoms with Gasteiger partial charge in [-0.25, -0.2) is 0 Å². The van der Waals surface area contributed by atoms with Crippen LogP contribution in [0, 0.1) is 23.7 Å². The second-order valence-corrected chi connectivity index (χ2v) is 10.8. The quantitative estimate of drug-likeness (QED) is 0.203. The van der Waals surface area contributed by atoms with Gasteiger partial charge in [0.1, 0.15) is 5.75 Å². The van der Waals surface area contributed by atoms with E-state index in [4.69, 9.17) is 4.74 Å². The number of rotatable bonds is 9. The molecule has 0 amide bonds. The van der Waals surface area contributed by atoms with E-state index in [1.165, 1.54) is 0 Å². The Hall–Kier alpha value is -3.78. The minimum atomic E-state index is -4.94. The Kier molecular flexibility index (Phi) is 10.2. The van der Waals surface area contributed by atoms with Crippen molar-refractivity contribution in [3.05, 3.63) is 70.9 Å². The summed E-state index contributed by atoms with van der Waals surface area (Å²) in [4.78, 5) is 17.7. The first-order chi connectivity index (χ1) is 20.3. The first-order valence-electron chi connectivity index (χ1n) is 14.0. The Balaban J connectivity index is 1.41. The van der Waals surface area contributed by atoms with Gasteiger partial charge in [0.05, 0.1) is 30.3 Å². The molecule has 0 saturated carbocycles. The van der Waals surface area contributed by atoms with Crippen LogP contribution in [0.2, 0.25) is 0 Å². The van der Waals surface area contributed by atoms with Crippen molar-refractivity contribution in [3.63, 3.8) is 0 Å². The zero-order valence-electron chi connectivity index (χ0n) is 23.6. The number of carbonyl (C=O) groups is 1. The molecule has 4 rings (SSSR count). The van der Waals surface area contributed by atoms with Crippen LogP contribution in [0.1, 0.15) is 54.4 Å². The number of methoxy groups -OCH3 is 1. The SMILES string of the molecule is COc1ccc2nccc(CCCC3CCN(CC#Cc4cc(C(F)(F)F)cc(C(F)(F)F)c4)CC3CCC(=O)O)c2c1. The summed E-state index contributed by atoms with van der Waals surface area (Å²) in [6.45, 7) is 1.35. The molecule has 1 aliphatic heterocycles. The van der Waals surface area contributed by atoms with Gasteiger partial charge in [-0.15, -0.1) is 0 Å². The summed E-state index contributed by atoms with van der Waals surface area (Å²) in [5, 5.41) is 10.3. The van der Waals surface area contributed by atoms with Crippen molar-refractivity contribution in [2.75, 3.05) is 26.7 Å². The van der Waals surface area contributed by atoms with Crippen LogP contribution in [0.4, 0.5) is 26.3 Å². The van der Waals surface area contributed by atoms with E-state index in [0.29, 0.717) is 31.6 Å². The Morgan fingerprint density at radius 1 is 1.02 bits per heavy atom. The fraction of sp³-hybridized carbons (Fsp3) is 0.438. The number of hydrogen-bond donors (Lipinski definition) is 1. The number of fused-ring (bicyclic) bond motifs is 1. The summed E-state index contributed by atoms with van der Waals surface area (Å²) >= 11 is 0. The predicted octanol–water partition coefficient (Wildman–Crippen LogP) is 7.46. The van der Waals surface area contributed by atoms with Crippen molar-refractivity contribution >= 4 is 16.9 Å². The van der Waals surface area contributed by atoms with E-state index in [9.17, 15) is 36.2 Å². The minimum absolute atomic E-state index is 0.0138. The first-order valence-corrected chi connectivity index (χ1v) is 14.0. The molecule has 1 aliphatic rings. The van der Waals surface area contributed by atoms with Crippen molar-refractivity contribution in [2.45, 2.75) is 50.9 Å². The van der Waals surface area contributed by atoms with E-state index >= 15 is 0 Å². The van der Waals surface area contributed by atoms with Gasteiger partial charge in [0.25, 0.3) is 0 Å². The summed E-state index contributed by atoms with van der Waals surface area (Å²) in [6, 6.07) is 9.06. The van der Waals surface area contributed by atoms with Crippen molar-refractivity contribution in [3.8, 4) is 17.6 Å². The lowest BCUT2D eigenvalue weighted by Crippen LogP contribution is -2.41. The Bertz CT molecular complexity index is 1460. The Morgan fingerprint density at radius 3 is 2.40 bits per heavy atom. The van der Waals surface area contributed by atoms with Crippen molar-refractivity contribution in [1.82, 2.24) is 9.88 Å². The highest BCUT2D eigenvalue weighted by molar-refractivity contribution is 5.83. The molecule has 2 heterocycles. The van der Waals surface area contributed by atoms with Crippen LogP contribution in [0.3, 0.4) is 0 Å². The predicted molar refractivity (Wildman–Crippen MR) is 149 cm³/mol. The van der Waals surface area contributed by atoms with Gasteiger partial charge in [0, 0.05) is 30.1 Å². The number of hydrogen-bond acceptors (Lipinski definition) is 4. The number of aliphatic carboxylic acids is 1. The van der Waals surface area contributed by atoms with Gasteiger partial charge in [0.2, 0.25) is 0 Å². The monoisotopic (exact) mass is 606 g/mol. The number of carboxylic acid groups (broad SMARTS) is 1. The number of aryl methyl sites for hydroxylation is 1. The molecule has 2 aromatic carbocycles. The van der Waals surface area contributed by atoms with Gasteiger partial charge in [-0.1, -0.05) is 11.8 Å². The van der Waals surface area contributed by atoms with Crippen LogP contribution in [-0.4, -0.2) is 47.7 Å². The van der Waals surface area contributed by atoms with Gasteiger partial charge in [0.15, 0.2) is 0 Å². The average Bonchev–Trinajstić information content (AvgIpc) is 2.95. The van der Waals surface area contributed by atoms with Gasteiger partial charge < -0.3 is 9.84 Å². The van der Waals surface area contributed by atoms with E-state index < -0.39 is 29.4 Å². The van der Waals surface area contributed by atoms with Crippen LogP contribution in [0.15, 0.2) is 48.7 Å². The highest BCUT2D eigenvalue weighted by atomic mass is 19.4. The van der Waals surface area contributed by atoms with Crippen LogP contribution < -0.4 is 4.74 Å². The first kappa shape index (κ1) is 32.1. The van der Waals surface area contributed by atoms with Crippen molar-refractivity contribution < 1.29 is 41.0 Å². The second kappa shape index (κ2) is 13.7. The van der Waals surface area contributed by atoms with Crippen LogP contribution in [-0.2, 0) is 23.6 Å². The average molecular weight is 607 g/mol. The zero-order valence-corrected chi connectivity index (χ0v) is 23.6. The van der Waals surface area contributed by atoms with Gasteiger partial charge >= 0.3 is 18.3 Å². The fourth-order valence-electron chi connectivity index (χ4n) is 5.68. The van der Waals surface area contributed by atoms with Crippen LogP contribution in [0.25, 0.3) is 10.9 Å². The maximum atomic E-state index is 13.2. The van der Waals surface area contributed by atoms with Gasteiger partial charge in [-0.2, -0.15) is 26.3 Å². The number of halogens is 6. The molecule has 0 radical (unpaired) electrons. The molecule has 1 N–H and O–H groups in total. The lowest BCUT2D eigenvalue weighted by atomic mass is 9.79. The lowest BCUT2D eigenvalue weighted by Gasteiger charge is -2.38. The number of piperidine rings is 1. The number of alkyl halides is 6. The third kappa shape index (κ3) is 8.86. The molecule has 11 heteroatoms. The number of likely N-dealkylation sites (tertiary alicyclic amines) is 1. The number of carboxylic acids is 1. The fourth-order valence-corrected chi connectivity index (χ4v) is 5.68. The van der Waals surface area contributed by atoms with E-state index in [-0.39, 0.29) is 36.4 Å². The Labute approximate surface area is 245 Å². The topological polar surface area (TPSA) is 62.7 Å². The van der Waals surface area contributed by atoms with E-state index in [1.54, 1.807) is 13.3 Å². The molecule has 230 valence electrons. The Morgan fingerprint density at radius 2 is 1.74 bits per heavy atom. The van der Waals surface area contributed by atoms with Gasteiger partial charge in [-0.3, -0.25) is 14.7 Å². The molecule has 2 unspecified atom stereocenters. The third-order valence-electron chi connectivity index (χ3n) is 7.89. The van der Waals surface area contributed by atoms with E-state index in [2.05, 4.69) is 16.8 Å². The van der Waals surface area contributed by atoms with Crippen molar-refractivity contribution in [1.29, 1.82) is 0 Å². The molecule has 5 nitrogen and oxygen atoms in total. The maximum Gasteiger partial charge on any atom is 0.416 e. The molecule has 3 aromatic rings. The molecule has 1 saturated heterocycles. The summed E-state index contributed by atoms with van der Waals surface area (Å²) in [5.74, 6) is 5.41. The highest BCUT2D eigenvalue weighted by Gasteiger charge is 2.37. The lowest BCUT2D eigenvalue weighted by molar-refractivity contribution is -0.143. The normalized spacial score (nSPS) is 17.8. The molecule has 0 bridgehead atoms. The molecule has 2 atom stereocenters. The molecule has 1 aromatic heterocycles. The highest BCUT2D eigenvalue weighted by Crippen LogP contribution is 2.36. The van der Waals surface area contributed by atoms with Gasteiger partial charge in [-0.05, 0) is 98.5 Å². The maximum absolute atomic E-state index is 13.2. The van der Waals surface area contributed by atoms with Crippen LogP contribution >= 0.6 is 0 Å². The third-order valence-corrected chi connectivity index (χ3v) is 7.89. The van der Waals surface area contributed by atoms with E-state index in [1.807, 2.05) is 29.2 Å². The van der Waals surface area contributed by atoms with E-state index in [0.717, 1.165) is 47.9 Å². The zero-order chi connectivity index (χ0) is 31.2. The number of ether oxygens (including phenoxy) is 1. The molecule has 1 fully saturated rings. The van der Waals surface area contributed by atoms with Crippen LogP contribution in [0.5, 0.6) is 5.75 Å². The molecular weight excluding hydrogens is 574 g/mol.